The molecule has 10 heteroatoms. The number of halogens is 6. The second kappa shape index (κ2) is 4.90. The van der Waals surface area contributed by atoms with Crippen LogP contribution in [0.2, 0.25) is 0 Å². The van der Waals surface area contributed by atoms with Crippen LogP contribution in [0.5, 0.6) is 23.0 Å². The third-order valence-corrected chi connectivity index (χ3v) is 2.80. The van der Waals surface area contributed by atoms with Gasteiger partial charge in [-0.05, 0) is 0 Å². The van der Waals surface area contributed by atoms with E-state index in [0.29, 0.717) is 0 Å². The highest BCUT2D eigenvalue weighted by molar-refractivity contribution is 5.80. The molecule has 0 amide bonds. The van der Waals surface area contributed by atoms with Gasteiger partial charge in [0.2, 0.25) is 23.3 Å². The summed E-state index contributed by atoms with van der Waals surface area (Å²) in [5, 5.41) is 36.7. The van der Waals surface area contributed by atoms with Crippen LogP contribution in [-0.4, -0.2) is 20.4 Å². The standard InChI is InChI=1S/C12H4F6O4/c13-3-1(4(14)12(22)8(18)11(3)21)2-9(19)6(16)5(15)7(17)10(2)20/h19-22H. The molecule has 0 spiro atoms. The first-order valence-electron chi connectivity index (χ1n) is 5.28. The van der Waals surface area contributed by atoms with Gasteiger partial charge in [0.1, 0.15) is 0 Å². The Balaban J connectivity index is 3.03. The highest BCUT2D eigenvalue weighted by Crippen LogP contribution is 2.48. The molecule has 0 unspecified atom stereocenters. The maximum atomic E-state index is 13.7. The first kappa shape index (κ1) is 15.6. The van der Waals surface area contributed by atoms with Crippen LogP contribution in [0.4, 0.5) is 26.3 Å². The van der Waals surface area contributed by atoms with Crippen LogP contribution in [-0.2, 0) is 0 Å². The Kier molecular flexibility index (Phi) is 3.47. The summed E-state index contributed by atoms with van der Waals surface area (Å²) in [4.78, 5) is 0. The number of hydrogen-bond acceptors (Lipinski definition) is 4. The molecule has 0 atom stereocenters. The molecule has 4 N–H and O–H groups in total. The Morgan fingerprint density at radius 1 is 0.364 bits per heavy atom. The molecule has 0 radical (unpaired) electrons. The van der Waals surface area contributed by atoms with E-state index in [1.165, 1.54) is 0 Å². The fourth-order valence-electron chi connectivity index (χ4n) is 1.73. The highest BCUT2D eigenvalue weighted by Gasteiger charge is 2.33. The monoisotopic (exact) mass is 326 g/mol. The molecule has 2 aromatic carbocycles. The number of aromatic hydroxyl groups is 4. The number of phenols is 4. The van der Waals surface area contributed by atoms with Crippen LogP contribution in [0.1, 0.15) is 0 Å². The quantitative estimate of drug-likeness (QED) is 0.480. The second-order valence-corrected chi connectivity index (χ2v) is 4.03. The van der Waals surface area contributed by atoms with Crippen molar-refractivity contribution < 1.29 is 46.8 Å². The van der Waals surface area contributed by atoms with Gasteiger partial charge in [0.05, 0.1) is 11.1 Å². The number of benzene rings is 2. The molecule has 2 aromatic rings. The zero-order valence-electron chi connectivity index (χ0n) is 10.1. The summed E-state index contributed by atoms with van der Waals surface area (Å²) < 4.78 is 79.9. The molecule has 4 nitrogen and oxygen atoms in total. The van der Waals surface area contributed by atoms with Crippen molar-refractivity contribution in [2.45, 2.75) is 0 Å². The van der Waals surface area contributed by atoms with E-state index in [9.17, 15) is 36.6 Å². The minimum Gasteiger partial charge on any atom is -0.504 e. The van der Waals surface area contributed by atoms with Crippen molar-refractivity contribution in [3.63, 3.8) is 0 Å². The van der Waals surface area contributed by atoms with Crippen molar-refractivity contribution >= 4 is 0 Å². The van der Waals surface area contributed by atoms with Gasteiger partial charge in [-0.2, -0.15) is 13.2 Å². The fraction of sp³-hybridized carbons (Fsp3) is 0. The topological polar surface area (TPSA) is 80.9 Å². The van der Waals surface area contributed by atoms with E-state index in [0.717, 1.165) is 0 Å². The smallest absolute Gasteiger partial charge is 0.212 e. The van der Waals surface area contributed by atoms with Gasteiger partial charge in [-0.3, -0.25) is 0 Å². The zero-order chi connectivity index (χ0) is 16.9. The predicted molar refractivity (Wildman–Crippen MR) is 58.3 cm³/mol. The van der Waals surface area contributed by atoms with Crippen molar-refractivity contribution in [3.8, 4) is 34.1 Å². The van der Waals surface area contributed by atoms with E-state index >= 15 is 0 Å². The fourth-order valence-corrected chi connectivity index (χ4v) is 1.73. The van der Waals surface area contributed by atoms with Crippen LogP contribution in [0.25, 0.3) is 11.1 Å². The van der Waals surface area contributed by atoms with Gasteiger partial charge in [0, 0.05) is 0 Å². The lowest BCUT2D eigenvalue weighted by atomic mass is 10.00. The van der Waals surface area contributed by atoms with Gasteiger partial charge < -0.3 is 20.4 Å². The molecule has 0 aliphatic rings. The third kappa shape index (κ3) is 1.87. The average Bonchev–Trinajstić information content (AvgIpc) is 2.50. The minimum absolute atomic E-state index is 1.66. The molecule has 0 aromatic heterocycles. The van der Waals surface area contributed by atoms with Crippen LogP contribution < -0.4 is 0 Å². The van der Waals surface area contributed by atoms with E-state index < -0.39 is 69.0 Å². The summed E-state index contributed by atoms with van der Waals surface area (Å²) >= 11 is 0. The summed E-state index contributed by atoms with van der Waals surface area (Å²) in [6.45, 7) is 0. The molecule has 22 heavy (non-hydrogen) atoms. The predicted octanol–water partition coefficient (Wildman–Crippen LogP) is 3.01. The van der Waals surface area contributed by atoms with Crippen molar-refractivity contribution in [2.24, 2.45) is 0 Å². The molecule has 118 valence electrons. The van der Waals surface area contributed by atoms with Gasteiger partial charge in [-0.25, -0.2) is 13.2 Å². The largest absolute Gasteiger partial charge is 0.504 e. The highest BCUT2D eigenvalue weighted by atomic mass is 19.2. The van der Waals surface area contributed by atoms with Crippen LogP contribution in [0, 0.1) is 34.9 Å². The molecule has 0 bridgehead atoms. The van der Waals surface area contributed by atoms with Gasteiger partial charge >= 0.3 is 0 Å². The number of hydrogen-bond donors (Lipinski definition) is 4. The van der Waals surface area contributed by atoms with Crippen molar-refractivity contribution in [2.75, 3.05) is 0 Å². The van der Waals surface area contributed by atoms with E-state index in [-0.39, 0.29) is 0 Å². The maximum Gasteiger partial charge on any atom is 0.212 e. The van der Waals surface area contributed by atoms with Crippen molar-refractivity contribution in [1.82, 2.24) is 0 Å². The maximum absolute atomic E-state index is 13.7. The first-order chi connectivity index (χ1) is 10.1. The number of phenolic OH excluding ortho intramolecular Hbond substituents is 4. The first-order valence-corrected chi connectivity index (χ1v) is 5.28. The lowest BCUT2D eigenvalue weighted by molar-refractivity contribution is 0.344. The lowest BCUT2D eigenvalue weighted by Crippen LogP contribution is -2.00. The van der Waals surface area contributed by atoms with Crippen LogP contribution in [0.3, 0.4) is 0 Å². The summed E-state index contributed by atoms with van der Waals surface area (Å²) in [5.74, 6) is -21.2. The molecule has 2 rings (SSSR count). The van der Waals surface area contributed by atoms with Gasteiger partial charge in [0.15, 0.2) is 34.6 Å². The SMILES string of the molecule is Oc1c(F)c(O)c(F)c(-c2c(O)c(F)c(F)c(F)c2O)c1F. The molecule has 0 fully saturated rings. The lowest BCUT2D eigenvalue weighted by Gasteiger charge is -2.14. The average molecular weight is 326 g/mol. The van der Waals surface area contributed by atoms with Crippen LogP contribution >= 0.6 is 0 Å². The van der Waals surface area contributed by atoms with Crippen LogP contribution in [0.15, 0.2) is 0 Å². The molecule has 0 saturated carbocycles. The van der Waals surface area contributed by atoms with E-state index in [1.807, 2.05) is 0 Å². The Morgan fingerprint density at radius 2 is 0.727 bits per heavy atom. The third-order valence-electron chi connectivity index (χ3n) is 2.80. The molecule has 0 aliphatic heterocycles. The summed E-state index contributed by atoms with van der Waals surface area (Å²) in [7, 11) is 0. The normalized spacial score (nSPS) is 11.0. The van der Waals surface area contributed by atoms with E-state index in [4.69, 9.17) is 10.2 Å². The van der Waals surface area contributed by atoms with E-state index in [2.05, 4.69) is 0 Å². The van der Waals surface area contributed by atoms with Crippen molar-refractivity contribution in [1.29, 1.82) is 0 Å². The Bertz CT molecular complexity index is 680. The molecular weight excluding hydrogens is 322 g/mol. The van der Waals surface area contributed by atoms with Gasteiger partial charge in [0.25, 0.3) is 0 Å². The molecule has 0 saturated heterocycles. The minimum atomic E-state index is -2.34. The Labute approximate surface area is 117 Å². The van der Waals surface area contributed by atoms with E-state index in [1.54, 1.807) is 0 Å². The summed E-state index contributed by atoms with van der Waals surface area (Å²) in [5.41, 5.74) is -3.42. The summed E-state index contributed by atoms with van der Waals surface area (Å²) in [6.07, 6.45) is 0. The molecule has 0 heterocycles. The second-order valence-electron chi connectivity index (χ2n) is 4.03. The molecular formula is C12H4F6O4. The van der Waals surface area contributed by atoms with Gasteiger partial charge in [-0.15, -0.1) is 0 Å². The summed E-state index contributed by atoms with van der Waals surface area (Å²) in [6, 6.07) is 0. The Hall–Kier alpha value is -2.78. The molecule has 0 aliphatic carbocycles. The Morgan fingerprint density at radius 3 is 1.09 bits per heavy atom. The zero-order valence-corrected chi connectivity index (χ0v) is 10.1. The number of rotatable bonds is 1. The van der Waals surface area contributed by atoms with Crippen molar-refractivity contribution in [3.05, 3.63) is 34.9 Å². The van der Waals surface area contributed by atoms with Gasteiger partial charge in [-0.1, -0.05) is 0 Å².